The number of hydrogen-bond acceptors (Lipinski definition) is 6. The molecule has 1 saturated carbocycles. The standard InChI is InChI=1S/C21H24F2N2O5/c22-20(23)29-17-4-3-14(16-10-21(30-24-16)6-8-27-12-21)9-18(17)28-15-5-7-25(11-15)19(26)13-1-2-13/h3-4,9-10,13,15,20,24H,1-2,5-8,11-12H2/t15-,21?/m0/s1. The molecule has 0 radical (unpaired) electrons. The molecule has 2 atom stereocenters. The Morgan fingerprint density at radius 3 is 2.87 bits per heavy atom. The van der Waals surface area contributed by atoms with E-state index in [2.05, 4.69) is 10.2 Å². The van der Waals surface area contributed by atoms with Crippen LogP contribution in [-0.2, 0) is 14.4 Å². The van der Waals surface area contributed by atoms with E-state index in [0.717, 1.165) is 30.5 Å². The molecule has 5 rings (SSSR count). The van der Waals surface area contributed by atoms with Gasteiger partial charge in [-0.15, -0.1) is 0 Å². The van der Waals surface area contributed by atoms with Gasteiger partial charge in [0, 0.05) is 37.5 Å². The molecule has 1 N–H and O–H groups in total. The third-order valence-electron chi connectivity index (χ3n) is 5.94. The normalized spacial score (nSPS) is 28.2. The molecule has 2 saturated heterocycles. The number of carbonyl (C=O) groups is 1. The van der Waals surface area contributed by atoms with Crippen molar-refractivity contribution in [1.82, 2.24) is 10.4 Å². The van der Waals surface area contributed by atoms with Gasteiger partial charge in [0.1, 0.15) is 11.7 Å². The number of carbonyl (C=O) groups excluding carboxylic acids is 1. The van der Waals surface area contributed by atoms with Gasteiger partial charge >= 0.3 is 6.61 Å². The zero-order valence-corrected chi connectivity index (χ0v) is 16.4. The van der Waals surface area contributed by atoms with E-state index in [1.165, 1.54) is 6.07 Å². The molecule has 3 aliphatic heterocycles. The van der Waals surface area contributed by atoms with Gasteiger partial charge in [-0.3, -0.25) is 15.1 Å². The number of benzene rings is 1. The zero-order valence-electron chi connectivity index (χ0n) is 16.4. The van der Waals surface area contributed by atoms with Crippen LogP contribution in [0.2, 0.25) is 0 Å². The minimum Gasteiger partial charge on any atom is -0.485 e. The number of nitrogens with zero attached hydrogens (tertiary/aromatic N) is 1. The van der Waals surface area contributed by atoms with Crippen LogP contribution in [0.4, 0.5) is 8.78 Å². The molecule has 7 nitrogen and oxygen atoms in total. The van der Waals surface area contributed by atoms with Crippen LogP contribution in [0.15, 0.2) is 24.3 Å². The SMILES string of the molecule is O=C(C1CC1)N1CC[C@H](Oc2cc(C3=CC4(CCOC4)ON3)ccc2OC(F)F)C1. The highest BCUT2D eigenvalue weighted by Gasteiger charge is 2.40. The molecule has 1 amide bonds. The van der Waals surface area contributed by atoms with Gasteiger partial charge in [-0.25, -0.2) is 0 Å². The Labute approximate surface area is 172 Å². The Kier molecular flexibility index (Phi) is 5.02. The van der Waals surface area contributed by atoms with E-state index in [-0.39, 0.29) is 29.4 Å². The van der Waals surface area contributed by atoms with Gasteiger partial charge in [0.25, 0.3) is 0 Å². The maximum atomic E-state index is 12.9. The number of ether oxygens (including phenoxy) is 3. The molecule has 1 unspecified atom stereocenters. The minimum atomic E-state index is -2.96. The van der Waals surface area contributed by atoms with Gasteiger partial charge < -0.3 is 19.1 Å². The van der Waals surface area contributed by atoms with Crippen molar-refractivity contribution in [3.8, 4) is 11.5 Å². The van der Waals surface area contributed by atoms with E-state index in [1.54, 1.807) is 17.0 Å². The lowest BCUT2D eigenvalue weighted by Gasteiger charge is -2.19. The van der Waals surface area contributed by atoms with Crippen LogP contribution in [0, 0.1) is 5.92 Å². The smallest absolute Gasteiger partial charge is 0.387 e. The largest absolute Gasteiger partial charge is 0.485 e. The molecule has 1 spiro atoms. The fraction of sp³-hybridized carbons (Fsp3) is 0.571. The summed E-state index contributed by atoms with van der Waals surface area (Å²) in [7, 11) is 0. The van der Waals surface area contributed by atoms with Crippen LogP contribution in [-0.4, -0.2) is 55.4 Å². The summed E-state index contributed by atoms with van der Waals surface area (Å²) in [4.78, 5) is 19.8. The average molecular weight is 422 g/mol. The molecule has 1 aliphatic carbocycles. The number of amides is 1. The Bertz CT molecular complexity index is 852. The van der Waals surface area contributed by atoms with Gasteiger partial charge in [0.2, 0.25) is 5.91 Å². The number of likely N-dealkylation sites (tertiary alicyclic amines) is 1. The fourth-order valence-electron chi connectivity index (χ4n) is 4.13. The number of alkyl halides is 2. The molecule has 3 fully saturated rings. The summed E-state index contributed by atoms with van der Waals surface area (Å²) in [5.41, 5.74) is 3.88. The highest BCUT2D eigenvalue weighted by Crippen LogP contribution is 2.38. The fourth-order valence-corrected chi connectivity index (χ4v) is 4.13. The van der Waals surface area contributed by atoms with E-state index in [9.17, 15) is 13.6 Å². The van der Waals surface area contributed by atoms with Crippen LogP contribution >= 0.6 is 0 Å². The second-order valence-corrected chi connectivity index (χ2v) is 8.26. The second-order valence-electron chi connectivity index (χ2n) is 8.26. The number of halogens is 2. The van der Waals surface area contributed by atoms with Crippen LogP contribution in [0.3, 0.4) is 0 Å². The van der Waals surface area contributed by atoms with Crippen molar-refractivity contribution in [3.05, 3.63) is 29.8 Å². The molecular weight excluding hydrogens is 398 g/mol. The number of rotatable bonds is 6. The number of hydrogen-bond donors (Lipinski definition) is 1. The third-order valence-corrected chi connectivity index (χ3v) is 5.94. The first-order valence-electron chi connectivity index (χ1n) is 10.3. The lowest BCUT2D eigenvalue weighted by molar-refractivity contribution is -0.131. The molecule has 0 aromatic heterocycles. The molecule has 162 valence electrons. The lowest BCUT2D eigenvalue weighted by atomic mass is 10.0. The summed E-state index contributed by atoms with van der Waals surface area (Å²) in [5, 5.41) is 0. The van der Waals surface area contributed by atoms with Gasteiger partial charge in [0.15, 0.2) is 11.5 Å². The summed E-state index contributed by atoms with van der Waals surface area (Å²) in [6.45, 7) is -0.794. The summed E-state index contributed by atoms with van der Waals surface area (Å²) < 4.78 is 41.9. The summed E-state index contributed by atoms with van der Waals surface area (Å²) in [6.07, 6.45) is 4.99. The van der Waals surface area contributed by atoms with Crippen LogP contribution in [0.1, 0.15) is 31.2 Å². The van der Waals surface area contributed by atoms with E-state index in [1.807, 2.05) is 6.08 Å². The highest BCUT2D eigenvalue weighted by atomic mass is 19.3. The molecule has 3 heterocycles. The van der Waals surface area contributed by atoms with Crippen molar-refractivity contribution in [2.24, 2.45) is 5.92 Å². The average Bonchev–Trinajstić information content (AvgIpc) is 3.12. The van der Waals surface area contributed by atoms with Gasteiger partial charge in [-0.2, -0.15) is 8.78 Å². The van der Waals surface area contributed by atoms with E-state index >= 15 is 0 Å². The first-order chi connectivity index (χ1) is 14.5. The van der Waals surface area contributed by atoms with Crippen molar-refractivity contribution in [3.63, 3.8) is 0 Å². The Balaban J connectivity index is 1.34. The monoisotopic (exact) mass is 422 g/mol. The van der Waals surface area contributed by atoms with Gasteiger partial charge in [-0.1, -0.05) is 0 Å². The predicted octanol–water partition coefficient (Wildman–Crippen LogP) is 2.71. The Morgan fingerprint density at radius 2 is 2.13 bits per heavy atom. The van der Waals surface area contributed by atoms with Gasteiger partial charge in [-0.05, 0) is 37.1 Å². The minimum absolute atomic E-state index is 0.0286. The molecule has 30 heavy (non-hydrogen) atoms. The highest BCUT2D eigenvalue weighted by molar-refractivity contribution is 5.81. The van der Waals surface area contributed by atoms with Crippen molar-refractivity contribution in [1.29, 1.82) is 0 Å². The Morgan fingerprint density at radius 1 is 1.27 bits per heavy atom. The number of nitrogens with one attached hydrogen (secondary N) is 1. The predicted molar refractivity (Wildman–Crippen MR) is 102 cm³/mol. The van der Waals surface area contributed by atoms with E-state index < -0.39 is 12.2 Å². The maximum absolute atomic E-state index is 12.9. The molecule has 1 aromatic rings. The quantitative estimate of drug-likeness (QED) is 0.760. The van der Waals surface area contributed by atoms with E-state index in [0.29, 0.717) is 32.7 Å². The molecule has 1 aromatic carbocycles. The summed E-state index contributed by atoms with van der Waals surface area (Å²) in [6, 6.07) is 4.82. The first-order valence-corrected chi connectivity index (χ1v) is 10.3. The molecule has 4 aliphatic rings. The number of hydroxylamine groups is 1. The maximum Gasteiger partial charge on any atom is 0.387 e. The topological polar surface area (TPSA) is 69.3 Å². The first kappa shape index (κ1) is 19.6. The lowest BCUT2D eigenvalue weighted by Crippen LogP contribution is -2.32. The van der Waals surface area contributed by atoms with Crippen LogP contribution in [0.5, 0.6) is 11.5 Å². The van der Waals surface area contributed by atoms with Crippen molar-refractivity contribution < 1.29 is 32.6 Å². The van der Waals surface area contributed by atoms with E-state index in [4.69, 9.17) is 14.3 Å². The van der Waals surface area contributed by atoms with Crippen molar-refractivity contribution in [2.75, 3.05) is 26.3 Å². The van der Waals surface area contributed by atoms with Crippen molar-refractivity contribution >= 4 is 11.6 Å². The molecular formula is C21H24F2N2O5. The molecule has 0 bridgehead atoms. The van der Waals surface area contributed by atoms with Crippen LogP contribution < -0.4 is 15.0 Å². The summed E-state index contributed by atoms with van der Waals surface area (Å²) >= 11 is 0. The third kappa shape index (κ3) is 3.96. The molecule has 9 heteroatoms. The van der Waals surface area contributed by atoms with Gasteiger partial charge in [0.05, 0.1) is 18.8 Å². The van der Waals surface area contributed by atoms with Crippen molar-refractivity contribution in [2.45, 2.75) is 44.0 Å². The second kappa shape index (κ2) is 7.70. The van der Waals surface area contributed by atoms with Crippen LogP contribution in [0.25, 0.3) is 5.70 Å². The Hall–Kier alpha value is -2.39. The zero-order chi connectivity index (χ0) is 20.7. The summed E-state index contributed by atoms with van der Waals surface area (Å²) in [5.74, 6) is 0.515.